The lowest BCUT2D eigenvalue weighted by molar-refractivity contribution is 0.0394. The molecule has 3 aromatic rings. The molecule has 6 nitrogen and oxygen atoms in total. The summed E-state index contributed by atoms with van der Waals surface area (Å²) in [4.78, 5) is 15.8. The number of ether oxygens (including phenoxy) is 1. The number of nitrogens with zero attached hydrogens (tertiary/aromatic N) is 2. The van der Waals surface area contributed by atoms with Crippen LogP contribution in [0, 0.1) is 6.92 Å². The zero-order valence-corrected chi connectivity index (χ0v) is 11.3. The van der Waals surface area contributed by atoms with E-state index >= 15 is 0 Å². The summed E-state index contributed by atoms with van der Waals surface area (Å²) < 4.78 is 15.0. The summed E-state index contributed by atoms with van der Waals surface area (Å²) in [6.45, 7) is 1.86. The van der Waals surface area contributed by atoms with Crippen LogP contribution in [0.25, 0.3) is 11.4 Å². The monoisotopic (exact) mass is 284 g/mol. The molecule has 2 heterocycles. The largest absolute Gasteiger partial charge is 0.457 e. The number of hydrogen-bond acceptors (Lipinski definition) is 6. The summed E-state index contributed by atoms with van der Waals surface area (Å²) in [7, 11) is 0. The van der Waals surface area contributed by atoms with Crippen molar-refractivity contribution >= 4 is 5.97 Å². The van der Waals surface area contributed by atoms with Crippen LogP contribution in [0.3, 0.4) is 0 Å². The molecule has 0 unspecified atom stereocenters. The number of aryl methyl sites for hydroxylation is 1. The highest BCUT2D eigenvalue weighted by Gasteiger charge is 2.14. The number of esters is 1. The molecule has 6 heteroatoms. The van der Waals surface area contributed by atoms with Gasteiger partial charge in [-0.15, -0.1) is 0 Å². The number of aromatic nitrogens is 2. The molecular weight excluding hydrogens is 272 g/mol. The molecule has 2 aromatic heterocycles. The van der Waals surface area contributed by atoms with Gasteiger partial charge in [0, 0.05) is 5.56 Å². The number of carbonyl (C=O) groups excluding carboxylic acids is 1. The fourth-order valence-electron chi connectivity index (χ4n) is 1.84. The van der Waals surface area contributed by atoms with Gasteiger partial charge in [0.2, 0.25) is 11.6 Å². The molecule has 0 fully saturated rings. The predicted octanol–water partition coefficient (Wildman–Crippen LogP) is 3.00. The predicted molar refractivity (Wildman–Crippen MR) is 72.3 cm³/mol. The maximum absolute atomic E-state index is 11.6. The third kappa shape index (κ3) is 2.84. The van der Waals surface area contributed by atoms with Crippen molar-refractivity contribution < 1.29 is 18.5 Å². The molecule has 0 bridgehead atoms. The molecule has 0 spiro atoms. The molecular formula is C15H12N2O4. The zero-order chi connectivity index (χ0) is 14.7. The number of benzene rings is 1. The summed E-state index contributed by atoms with van der Waals surface area (Å²) in [6, 6.07) is 10.8. The first-order valence-corrected chi connectivity index (χ1v) is 6.33. The topological polar surface area (TPSA) is 78.4 Å². The first kappa shape index (κ1) is 13.1. The van der Waals surface area contributed by atoms with Gasteiger partial charge in [0.25, 0.3) is 5.89 Å². The average Bonchev–Trinajstić information content (AvgIpc) is 3.17. The Bertz CT molecular complexity index is 747. The Kier molecular flexibility index (Phi) is 3.51. The van der Waals surface area contributed by atoms with Crippen LogP contribution >= 0.6 is 0 Å². The number of hydrogen-bond donors (Lipinski definition) is 0. The van der Waals surface area contributed by atoms with E-state index in [1.165, 1.54) is 12.3 Å². The van der Waals surface area contributed by atoms with Crippen molar-refractivity contribution in [2.45, 2.75) is 13.5 Å². The third-order valence-corrected chi connectivity index (χ3v) is 2.90. The third-order valence-electron chi connectivity index (χ3n) is 2.90. The summed E-state index contributed by atoms with van der Waals surface area (Å²) in [5.41, 5.74) is 1.92. The first-order chi connectivity index (χ1) is 10.2. The van der Waals surface area contributed by atoms with Crippen LogP contribution in [0.1, 0.15) is 22.0 Å². The van der Waals surface area contributed by atoms with Gasteiger partial charge >= 0.3 is 5.97 Å². The first-order valence-electron chi connectivity index (χ1n) is 6.33. The summed E-state index contributed by atoms with van der Waals surface area (Å²) in [5.74, 6) is 0.259. The zero-order valence-electron chi connectivity index (χ0n) is 11.3. The van der Waals surface area contributed by atoms with Gasteiger partial charge in [-0.2, -0.15) is 4.98 Å². The minimum atomic E-state index is -0.573. The number of furan rings is 1. The van der Waals surface area contributed by atoms with E-state index in [1.54, 1.807) is 6.07 Å². The molecule has 0 saturated heterocycles. The van der Waals surface area contributed by atoms with Crippen LogP contribution < -0.4 is 0 Å². The lowest BCUT2D eigenvalue weighted by Crippen LogP contribution is -2.04. The van der Waals surface area contributed by atoms with Gasteiger partial charge < -0.3 is 13.7 Å². The summed E-state index contributed by atoms with van der Waals surface area (Å²) >= 11 is 0. The Morgan fingerprint density at radius 2 is 2.10 bits per heavy atom. The van der Waals surface area contributed by atoms with Crippen molar-refractivity contribution in [3.63, 3.8) is 0 Å². The average molecular weight is 284 g/mol. The van der Waals surface area contributed by atoms with Crippen LogP contribution in [0.15, 0.2) is 51.6 Å². The van der Waals surface area contributed by atoms with Crippen molar-refractivity contribution in [3.05, 3.63) is 59.9 Å². The van der Waals surface area contributed by atoms with E-state index in [0.29, 0.717) is 5.82 Å². The van der Waals surface area contributed by atoms with Crippen LogP contribution in [0.2, 0.25) is 0 Å². The lowest BCUT2D eigenvalue weighted by Gasteiger charge is -1.98. The van der Waals surface area contributed by atoms with Crippen molar-refractivity contribution in [1.29, 1.82) is 0 Å². The number of rotatable bonds is 4. The van der Waals surface area contributed by atoms with Crippen LogP contribution in [0.4, 0.5) is 0 Å². The molecule has 3 rings (SSSR count). The van der Waals surface area contributed by atoms with E-state index in [4.69, 9.17) is 13.7 Å². The van der Waals surface area contributed by atoms with E-state index in [1.807, 2.05) is 31.2 Å². The van der Waals surface area contributed by atoms with E-state index in [9.17, 15) is 4.79 Å². The van der Waals surface area contributed by atoms with E-state index < -0.39 is 5.97 Å². The maximum atomic E-state index is 11.6. The standard InChI is InChI=1S/C15H12N2O4/c1-10-5-2-3-6-11(10)14-16-13(21-17-14)9-20-15(18)12-7-4-8-19-12/h2-8H,9H2,1H3. The summed E-state index contributed by atoms with van der Waals surface area (Å²) in [6.07, 6.45) is 1.40. The molecule has 0 N–H and O–H groups in total. The second kappa shape index (κ2) is 5.62. The van der Waals surface area contributed by atoms with E-state index in [0.717, 1.165) is 11.1 Å². The Morgan fingerprint density at radius 1 is 1.24 bits per heavy atom. The fourth-order valence-corrected chi connectivity index (χ4v) is 1.84. The molecule has 0 atom stereocenters. The highest BCUT2D eigenvalue weighted by Crippen LogP contribution is 2.20. The maximum Gasteiger partial charge on any atom is 0.374 e. The van der Waals surface area contributed by atoms with Gasteiger partial charge in [0.15, 0.2) is 6.61 Å². The van der Waals surface area contributed by atoms with Crippen LogP contribution in [-0.2, 0) is 11.3 Å². The van der Waals surface area contributed by atoms with Crippen LogP contribution in [0.5, 0.6) is 0 Å². The normalized spacial score (nSPS) is 10.5. The minimum Gasteiger partial charge on any atom is -0.457 e. The Hall–Kier alpha value is -2.89. The van der Waals surface area contributed by atoms with Gasteiger partial charge in [-0.1, -0.05) is 29.4 Å². The molecule has 1 aromatic carbocycles. The molecule has 0 aliphatic carbocycles. The molecule has 0 aliphatic heterocycles. The van der Waals surface area contributed by atoms with E-state index in [2.05, 4.69) is 10.1 Å². The molecule has 0 radical (unpaired) electrons. The molecule has 0 amide bonds. The number of carbonyl (C=O) groups is 1. The van der Waals surface area contributed by atoms with Gasteiger partial charge in [0.1, 0.15) is 0 Å². The van der Waals surface area contributed by atoms with Crippen molar-refractivity contribution in [3.8, 4) is 11.4 Å². The SMILES string of the molecule is Cc1ccccc1-c1noc(COC(=O)c2ccco2)n1. The smallest absolute Gasteiger partial charge is 0.374 e. The van der Waals surface area contributed by atoms with E-state index in [-0.39, 0.29) is 18.3 Å². The van der Waals surface area contributed by atoms with Gasteiger partial charge in [-0.3, -0.25) is 0 Å². The minimum absolute atomic E-state index is 0.0988. The Labute approximate surface area is 120 Å². The van der Waals surface area contributed by atoms with Crippen LogP contribution in [-0.4, -0.2) is 16.1 Å². The Balaban J connectivity index is 1.69. The second-order valence-corrected chi connectivity index (χ2v) is 4.38. The van der Waals surface area contributed by atoms with Crippen molar-refractivity contribution in [2.75, 3.05) is 0 Å². The molecule has 106 valence electrons. The second-order valence-electron chi connectivity index (χ2n) is 4.38. The highest BCUT2D eigenvalue weighted by molar-refractivity contribution is 5.86. The van der Waals surface area contributed by atoms with Gasteiger partial charge in [-0.05, 0) is 24.6 Å². The van der Waals surface area contributed by atoms with Gasteiger partial charge in [0.05, 0.1) is 6.26 Å². The lowest BCUT2D eigenvalue weighted by atomic mass is 10.1. The quantitative estimate of drug-likeness (QED) is 0.685. The molecule has 0 aliphatic rings. The van der Waals surface area contributed by atoms with Crippen molar-refractivity contribution in [1.82, 2.24) is 10.1 Å². The Morgan fingerprint density at radius 3 is 2.86 bits per heavy atom. The fraction of sp³-hybridized carbons (Fsp3) is 0.133. The summed E-state index contributed by atoms with van der Waals surface area (Å²) in [5, 5.41) is 3.89. The van der Waals surface area contributed by atoms with Crippen molar-refractivity contribution in [2.24, 2.45) is 0 Å². The molecule has 0 saturated carbocycles. The van der Waals surface area contributed by atoms with Gasteiger partial charge in [-0.25, -0.2) is 4.79 Å². The highest BCUT2D eigenvalue weighted by atomic mass is 16.6. The molecule has 21 heavy (non-hydrogen) atoms.